The van der Waals surface area contributed by atoms with E-state index in [1.54, 1.807) is 12.3 Å². The molecule has 2 aromatic heterocycles. The van der Waals surface area contributed by atoms with Crippen LogP contribution in [0.4, 0.5) is 4.39 Å². The highest BCUT2D eigenvalue weighted by Crippen LogP contribution is 2.24. The van der Waals surface area contributed by atoms with Crippen LogP contribution in [-0.2, 0) is 0 Å². The molecule has 5 heteroatoms. The standard InChI is InChI=1S/C14H15FN2O2/c1-2-3-19-13-5-11(7-17-9-13)14(18)10-4-12(15)8-16-6-10/h4-9,14,18H,2-3H2,1H3. The molecule has 4 nitrogen and oxygen atoms in total. The SMILES string of the molecule is CCCOc1cncc(C(O)c2cncc(F)c2)c1. The molecule has 0 aromatic carbocycles. The Bertz CT molecular complexity index is 548. The Hall–Kier alpha value is -2.01. The van der Waals surface area contributed by atoms with Gasteiger partial charge in [-0.3, -0.25) is 9.97 Å². The molecule has 0 saturated carbocycles. The Morgan fingerprint density at radius 3 is 2.53 bits per heavy atom. The van der Waals surface area contributed by atoms with E-state index in [0.717, 1.165) is 12.6 Å². The number of aliphatic hydroxyl groups excluding tert-OH is 1. The lowest BCUT2D eigenvalue weighted by atomic mass is 10.1. The summed E-state index contributed by atoms with van der Waals surface area (Å²) in [6.07, 6.45) is 5.54. The summed E-state index contributed by atoms with van der Waals surface area (Å²) >= 11 is 0. The summed E-state index contributed by atoms with van der Waals surface area (Å²) in [4.78, 5) is 7.72. The van der Waals surface area contributed by atoms with Crippen molar-refractivity contribution in [2.75, 3.05) is 6.61 Å². The van der Waals surface area contributed by atoms with Gasteiger partial charge in [-0.15, -0.1) is 0 Å². The van der Waals surface area contributed by atoms with Crippen molar-refractivity contribution >= 4 is 0 Å². The molecule has 0 aliphatic carbocycles. The summed E-state index contributed by atoms with van der Waals surface area (Å²) in [5.41, 5.74) is 0.926. The molecule has 2 rings (SSSR count). The first-order valence-corrected chi connectivity index (χ1v) is 6.07. The Kier molecular flexibility index (Phi) is 4.41. The lowest BCUT2D eigenvalue weighted by Crippen LogP contribution is -2.03. The fourth-order valence-electron chi connectivity index (χ4n) is 1.65. The topological polar surface area (TPSA) is 55.2 Å². The molecule has 0 aliphatic rings. The van der Waals surface area contributed by atoms with Crippen LogP contribution in [0.25, 0.3) is 0 Å². The molecular weight excluding hydrogens is 247 g/mol. The number of nitrogens with zero attached hydrogens (tertiary/aromatic N) is 2. The van der Waals surface area contributed by atoms with Gasteiger partial charge in [-0.25, -0.2) is 4.39 Å². The molecular formula is C14H15FN2O2. The van der Waals surface area contributed by atoms with Crippen LogP contribution in [0.1, 0.15) is 30.6 Å². The molecule has 0 fully saturated rings. The average molecular weight is 262 g/mol. The summed E-state index contributed by atoms with van der Waals surface area (Å²) in [6.45, 7) is 2.59. The van der Waals surface area contributed by atoms with Crippen molar-refractivity contribution in [2.45, 2.75) is 19.4 Å². The summed E-state index contributed by atoms with van der Waals surface area (Å²) in [5.74, 6) is 0.102. The van der Waals surface area contributed by atoms with Crippen LogP contribution in [0.5, 0.6) is 5.75 Å². The number of halogens is 1. The van der Waals surface area contributed by atoms with Crippen LogP contribution >= 0.6 is 0 Å². The zero-order chi connectivity index (χ0) is 13.7. The van der Waals surface area contributed by atoms with Crippen LogP contribution in [0.15, 0.2) is 36.9 Å². The van der Waals surface area contributed by atoms with Crippen molar-refractivity contribution in [1.29, 1.82) is 0 Å². The summed E-state index contributed by atoms with van der Waals surface area (Å²) in [6, 6.07) is 2.94. The maximum Gasteiger partial charge on any atom is 0.141 e. The predicted molar refractivity (Wildman–Crippen MR) is 68.3 cm³/mol. The third-order valence-electron chi connectivity index (χ3n) is 2.56. The molecule has 0 saturated heterocycles. The third-order valence-corrected chi connectivity index (χ3v) is 2.56. The molecule has 0 spiro atoms. The number of aromatic nitrogens is 2. The van der Waals surface area contributed by atoms with Gasteiger partial charge < -0.3 is 9.84 Å². The number of hydrogen-bond acceptors (Lipinski definition) is 4. The fourth-order valence-corrected chi connectivity index (χ4v) is 1.65. The van der Waals surface area contributed by atoms with Gasteiger partial charge in [0.25, 0.3) is 0 Å². The van der Waals surface area contributed by atoms with Crippen molar-refractivity contribution in [3.05, 3.63) is 53.9 Å². The Morgan fingerprint density at radius 1 is 1.16 bits per heavy atom. The van der Waals surface area contributed by atoms with Crippen molar-refractivity contribution in [2.24, 2.45) is 0 Å². The van der Waals surface area contributed by atoms with E-state index in [0.29, 0.717) is 23.5 Å². The first kappa shape index (κ1) is 13.4. The van der Waals surface area contributed by atoms with E-state index in [1.165, 1.54) is 18.5 Å². The summed E-state index contributed by atoms with van der Waals surface area (Å²) in [7, 11) is 0. The maximum absolute atomic E-state index is 13.1. The highest BCUT2D eigenvalue weighted by atomic mass is 19.1. The number of pyridine rings is 2. The molecule has 19 heavy (non-hydrogen) atoms. The highest BCUT2D eigenvalue weighted by Gasteiger charge is 2.13. The Balaban J connectivity index is 2.21. The van der Waals surface area contributed by atoms with Crippen LogP contribution in [0.2, 0.25) is 0 Å². The lowest BCUT2D eigenvalue weighted by Gasteiger charge is -2.12. The van der Waals surface area contributed by atoms with Gasteiger partial charge in [0.15, 0.2) is 0 Å². The molecule has 2 aromatic rings. The number of ether oxygens (including phenoxy) is 1. The third kappa shape index (κ3) is 3.48. The minimum Gasteiger partial charge on any atom is -0.492 e. The minimum atomic E-state index is -0.971. The maximum atomic E-state index is 13.1. The minimum absolute atomic E-state index is 0.384. The van der Waals surface area contributed by atoms with Crippen LogP contribution in [0, 0.1) is 5.82 Å². The van der Waals surface area contributed by atoms with Gasteiger partial charge in [0.2, 0.25) is 0 Å². The van der Waals surface area contributed by atoms with E-state index in [-0.39, 0.29) is 0 Å². The molecule has 1 atom stereocenters. The fraction of sp³-hybridized carbons (Fsp3) is 0.286. The second kappa shape index (κ2) is 6.24. The van der Waals surface area contributed by atoms with E-state index in [1.807, 2.05) is 6.92 Å². The molecule has 100 valence electrons. The second-order valence-corrected chi connectivity index (χ2v) is 4.14. The van der Waals surface area contributed by atoms with Gasteiger partial charge in [-0.2, -0.15) is 0 Å². The normalized spacial score (nSPS) is 12.2. The quantitative estimate of drug-likeness (QED) is 0.899. The molecule has 0 bridgehead atoms. The Morgan fingerprint density at radius 2 is 1.84 bits per heavy atom. The number of hydrogen-bond donors (Lipinski definition) is 1. The van der Waals surface area contributed by atoms with Gasteiger partial charge in [0.1, 0.15) is 17.7 Å². The van der Waals surface area contributed by atoms with Crippen LogP contribution < -0.4 is 4.74 Å². The zero-order valence-electron chi connectivity index (χ0n) is 10.6. The van der Waals surface area contributed by atoms with Gasteiger partial charge in [0, 0.05) is 23.5 Å². The molecule has 0 amide bonds. The molecule has 0 aliphatic heterocycles. The average Bonchev–Trinajstić information content (AvgIpc) is 2.44. The second-order valence-electron chi connectivity index (χ2n) is 4.14. The van der Waals surface area contributed by atoms with E-state index in [4.69, 9.17) is 4.74 Å². The van der Waals surface area contributed by atoms with Crippen molar-refractivity contribution in [3.8, 4) is 5.75 Å². The van der Waals surface area contributed by atoms with Gasteiger partial charge in [-0.1, -0.05) is 6.92 Å². The van der Waals surface area contributed by atoms with Crippen LogP contribution in [-0.4, -0.2) is 21.7 Å². The molecule has 1 unspecified atom stereocenters. The van der Waals surface area contributed by atoms with E-state index >= 15 is 0 Å². The smallest absolute Gasteiger partial charge is 0.141 e. The molecule has 1 N–H and O–H groups in total. The van der Waals surface area contributed by atoms with Crippen molar-refractivity contribution in [3.63, 3.8) is 0 Å². The van der Waals surface area contributed by atoms with E-state index in [9.17, 15) is 9.50 Å². The lowest BCUT2D eigenvalue weighted by molar-refractivity contribution is 0.217. The molecule has 2 heterocycles. The monoisotopic (exact) mass is 262 g/mol. The predicted octanol–water partition coefficient (Wildman–Crippen LogP) is 2.49. The zero-order valence-corrected chi connectivity index (χ0v) is 10.6. The van der Waals surface area contributed by atoms with Crippen molar-refractivity contribution < 1.29 is 14.2 Å². The molecule has 0 radical (unpaired) electrons. The van der Waals surface area contributed by atoms with Gasteiger partial charge in [-0.05, 0) is 18.6 Å². The number of aliphatic hydroxyl groups is 1. The first-order valence-electron chi connectivity index (χ1n) is 6.07. The summed E-state index contributed by atoms with van der Waals surface area (Å²) in [5, 5.41) is 10.2. The van der Waals surface area contributed by atoms with Crippen molar-refractivity contribution in [1.82, 2.24) is 9.97 Å². The largest absolute Gasteiger partial charge is 0.492 e. The number of rotatable bonds is 5. The van der Waals surface area contributed by atoms with E-state index < -0.39 is 11.9 Å². The Labute approximate surface area is 110 Å². The van der Waals surface area contributed by atoms with Gasteiger partial charge in [0.05, 0.1) is 19.0 Å². The van der Waals surface area contributed by atoms with Gasteiger partial charge >= 0.3 is 0 Å². The van der Waals surface area contributed by atoms with E-state index in [2.05, 4.69) is 9.97 Å². The summed E-state index contributed by atoms with van der Waals surface area (Å²) < 4.78 is 18.5. The first-order chi connectivity index (χ1) is 9.20. The highest BCUT2D eigenvalue weighted by molar-refractivity contribution is 5.31. The van der Waals surface area contributed by atoms with Crippen LogP contribution in [0.3, 0.4) is 0 Å².